The van der Waals surface area contributed by atoms with Crippen molar-refractivity contribution in [2.24, 2.45) is 0 Å². The standard InChI is InChI=1S/C18H18ClNO3S/c1-24(22,23)13-16-4-2-15(3-5-16)12-20-18(21)11-8-14-6-9-17(19)10-7-14/h2-11H,12-13H2,1H3,(H,20,21)/b11-8+. The number of hydrogen-bond donors (Lipinski definition) is 1. The van der Waals surface area contributed by atoms with E-state index < -0.39 is 9.84 Å². The van der Waals surface area contributed by atoms with Gasteiger partial charge in [-0.25, -0.2) is 8.42 Å². The summed E-state index contributed by atoms with van der Waals surface area (Å²) in [5.41, 5.74) is 2.52. The largest absolute Gasteiger partial charge is 0.348 e. The second kappa shape index (κ2) is 8.13. The monoisotopic (exact) mass is 363 g/mol. The Morgan fingerprint density at radius 3 is 2.21 bits per heavy atom. The molecule has 0 aliphatic carbocycles. The molecule has 4 nitrogen and oxygen atoms in total. The third-order valence-corrected chi connectivity index (χ3v) is 4.33. The van der Waals surface area contributed by atoms with Crippen LogP contribution in [0.3, 0.4) is 0 Å². The Hall–Kier alpha value is -2.11. The Balaban J connectivity index is 1.86. The minimum Gasteiger partial charge on any atom is -0.348 e. The van der Waals surface area contributed by atoms with Gasteiger partial charge in [-0.2, -0.15) is 0 Å². The van der Waals surface area contributed by atoms with Crippen molar-refractivity contribution in [2.75, 3.05) is 6.26 Å². The van der Waals surface area contributed by atoms with E-state index in [1.54, 1.807) is 30.3 Å². The summed E-state index contributed by atoms with van der Waals surface area (Å²) in [6, 6.07) is 14.3. The van der Waals surface area contributed by atoms with Crippen molar-refractivity contribution in [2.45, 2.75) is 12.3 Å². The van der Waals surface area contributed by atoms with Gasteiger partial charge in [-0.3, -0.25) is 4.79 Å². The summed E-state index contributed by atoms with van der Waals surface area (Å²) in [6.45, 7) is 0.378. The Kier molecular flexibility index (Phi) is 6.17. The molecule has 2 aromatic carbocycles. The minimum atomic E-state index is -3.04. The number of nitrogens with one attached hydrogen (secondary N) is 1. The second-order valence-corrected chi connectivity index (χ2v) is 8.07. The maximum atomic E-state index is 11.8. The van der Waals surface area contributed by atoms with Crippen LogP contribution in [0.4, 0.5) is 0 Å². The summed E-state index contributed by atoms with van der Waals surface area (Å²) in [5.74, 6) is -0.186. The van der Waals surface area contributed by atoms with E-state index >= 15 is 0 Å². The van der Waals surface area contributed by atoms with Gasteiger partial charge in [0.05, 0.1) is 5.75 Å². The van der Waals surface area contributed by atoms with E-state index in [0.29, 0.717) is 11.6 Å². The van der Waals surface area contributed by atoms with Crippen molar-refractivity contribution in [1.29, 1.82) is 0 Å². The van der Waals surface area contributed by atoms with Crippen molar-refractivity contribution >= 4 is 33.4 Å². The van der Waals surface area contributed by atoms with Crippen LogP contribution in [0.25, 0.3) is 6.08 Å². The van der Waals surface area contributed by atoms with E-state index in [0.717, 1.165) is 16.7 Å². The molecule has 0 spiro atoms. The molecule has 0 unspecified atom stereocenters. The fourth-order valence-corrected chi connectivity index (χ4v) is 2.97. The van der Waals surface area contributed by atoms with Gasteiger partial charge in [-0.05, 0) is 34.9 Å². The summed E-state index contributed by atoms with van der Waals surface area (Å²) >= 11 is 5.80. The predicted octanol–water partition coefficient (Wildman–Crippen LogP) is 3.21. The van der Waals surface area contributed by atoms with E-state index in [1.165, 1.54) is 12.3 Å². The first-order valence-electron chi connectivity index (χ1n) is 7.29. The summed E-state index contributed by atoms with van der Waals surface area (Å²) in [7, 11) is -3.04. The lowest BCUT2D eigenvalue weighted by Crippen LogP contribution is -2.20. The molecule has 1 N–H and O–H groups in total. The molecule has 1 amide bonds. The van der Waals surface area contributed by atoms with Crippen LogP contribution in [0.1, 0.15) is 16.7 Å². The third kappa shape index (κ3) is 6.56. The van der Waals surface area contributed by atoms with Crippen molar-refractivity contribution in [3.8, 4) is 0 Å². The van der Waals surface area contributed by atoms with Crippen molar-refractivity contribution in [3.05, 3.63) is 76.3 Å². The zero-order valence-corrected chi connectivity index (χ0v) is 14.8. The van der Waals surface area contributed by atoms with Gasteiger partial charge in [0, 0.05) is 23.9 Å². The van der Waals surface area contributed by atoms with Crippen LogP contribution in [0, 0.1) is 0 Å². The highest BCUT2D eigenvalue weighted by Crippen LogP contribution is 2.11. The van der Waals surface area contributed by atoms with Crippen LogP contribution in [-0.2, 0) is 26.9 Å². The summed E-state index contributed by atoms with van der Waals surface area (Å²) in [6.07, 6.45) is 4.37. The van der Waals surface area contributed by atoms with Crippen LogP contribution in [0.5, 0.6) is 0 Å². The normalized spacial score (nSPS) is 11.6. The SMILES string of the molecule is CS(=O)(=O)Cc1ccc(CNC(=O)/C=C/c2ccc(Cl)cc2)cc1. The molecule has 0 aromatic heterocycles. The topological polar surface area (TPSA) is 63.2 Å². The van der Waals surface area contributed by atoms with Gasteiger partial charge >= 0.3 is 0 Å². The maximum absolute atomic E-state index is 11.8. The summed E-state index contributed by atoms with van der Waals surface area (Å²) < 4.78 is 22.5. The zero-order chi connectivity index (χ0) is 17.6. The lowest BCUT2D eigenvalue weighted by molar-refractivity contribution is -0.116. The van der Waals surface area contributed by atoms with E-state index in [-0.39, 0.29) is 11.7 Å². The molecule has 0 saturated carbocycles. The first kappa shape index (κ1) is 18.2. The maximum Gasteiger partial charge on any atom is 0.244 e. The third-order valence-electron chi connectivity index (χ3n) is 3.22. The Labute approximate surface area is 147 Å². The number of rotatable bonds is 6. The van der Waals surface area contributed by atoms with Gasteiger partial charge in [0.15, 0.2) is 9.84 Å². The van der Waals surface area contributed by atoms with Gasteiger partial charge < -0.3 is 5.32 Å². The van der Waals surface area contributed by atoms with E-state index in [1.807, 2.05) is 24.3 Å². The first-order valence-corrected chi connectivity index (χ1v) is 9.73. The Morgan fingerprint density at radius 1 is 1.04 bits per heavy atom. The van der Waals surface area contributed by atoms with Crippen molar-refractivity contribution in [1.82, 2.24) is 5.32 Å². The summed E-state index contributed by atoms with van der Waals surface area (Å²) in [4.78, 5) is 11.8. The average Bonchev–Trinajstić information content (AvgIpc) is 2.52. The van der Waals surface area contributed by atoms with Gasteiger partial charge in [0.1, 0.15) is 0 Å². The molecular weight excluding hydrogens is 346 g/mol. The first-order chi connectivity index (χ1) is 11.3. The molecule has 0 radical (unpaired) electrons. The Morgan fingerprint density at radius 2 is 1.62 bits per heavy atom. The number of carbonyl (C=O) groups is 1. The number of halogens is 1. The summed E-state index contributed by atoms with van der Waals surface area (Å²) in [5, 5.41) is 3.43. The quantitative estimate of drug-likeness (QED) is 0.801. The van der Waals surface area contributed by atoms with E-state index in [4.69, 9.17) is 11.6 Å². The molecule has 2 aromatic rings. The minimum absolute atomic E-state index is 0.0173. The van der Waals surface area contributed by atoms with Crippen LogP contribution >= 0.6 is 11.6 Å². The number of amides is 1. The lowest BCUT2D eigenvalue weighted by atomic mass is 10.1. The molecule has 0 bridgehead atoms. The molecule has 6 heteroatoms. The molecule has 126 valence electrons. The number of benzene rings is 2. The number of hydrogen-bond acceptors (Lipinski definition) is 3. The molecule has 0 aliphatic heterocycles. The van der Waals surface area contributed by atoms with Crippen LogP contribution in [0.15, 0.2) is 54.6 Å². The van der Waals surface area contributed by atoms with Crippen LogP contribution in [0.2, 0.25) is 5.02 Å². The predicted molar refractivity (Wildman–Crippen MR) is 97.3 cm³/mol. The zero-order valence-electron chi connectivity index (χ0n) is 13.2. The van der Waals surface area contributed by atoms with Crippen LogP contribution < -0.4 is 5.32 Å². The number of sulfone groups is 1. The molecule has 24 heavy (non-hydrogen) atoms. The molecule has 0 atom stereocenters. The molecule has 2 rings (SSSR count). The van der Waals surface area contributed by atoms with Crippen molar-refractivity contribution in [3.63, 3.8) is 0 Å². The lowest BCUT2D eigenvalue weighted by Gasteiger charge is -2.04. The molecule has 0 aliphatic rings. The van der Waals surface area contributed by atoms with E-state index in [2.05, 4.69) is 5.32 Å². The van der Waals surface area contributed by atoms with Gasteiger partial charge in [0.25, 0.3) is 0 Å². The highest BCUT2D eigenvalue weighted by molar-refractivity contribution is 7.89. The highest BCUT2D eigenvalue weighted by Gasteiger charge is 2.04. The average molecular weight is 364 g/mol. The fourth-order valence-electron chi connectivity index (χ4n) is 2.05. The molecule has 0 saturated heterocycles. The van der Waals surface area contributed by atoms with Gasteiger partial charge in [0.2, 0.25) is 5.91 Å². The van der Waals surface area contributed by atoms with Gasteiger partial charge in [-0.1, -0.05) is 48.0 Å². The smallest absolute Gasteiger partial charge is 0.244 e. The van der Waals surface area contributed by atoms with E-state index in [9.17, 15) is 13.2 Å². The second-order valence-electron chi connectivity index (χ2n) is 5.49. The molecular formula is C18H18ClNO3S. The fraction of sp³-hybridized carbons (Fsp3) is 0.167. The Bertz CT molecular complexity index is 826. The van der Waals surface area contributed by atoms with Gasteiger partial charge in [-0.15, -0.1) is 0 Å². The highest BCUT2D eigenvalue weighted by atomic mass is 35.5. The van der Waals surface area contributed by atoms with Crippen molar-refractivity contribution < 1.29 is 13.2 Å². The molecule has 0 fully saturated rings. The molecule has 0 heterocycles. The number of carbonyl (C=O) groups excluding carboxylic acids is 1. The van der Waals surface area contributed by atoms with Crippen LogP contribution in [-0.4, -0.2) is 20.6 Å².